The molecule has 2 fully saturated rings. The summed E-state index contributed by atoms with van der Waals surface area (Å²) in [6, 6.07) is 6.06. The van der Waals surface area contributed by atoms with Gasteiger partial charge in [0.1, 0.15) is 13.2 Å². The molecule has 0 spiro atoms. The van der Waals surface area contributed by atoms with Crippen molar-refractivity contribution in [2.75, 3.05) is 26.4 Å². The Balaban J connectivity index is 1.47. The fourth-order valence-corrected chi connectivity index (χ4v) is 3.71. The Morgan fingerprint density at radius 1 is 1.14 bits per heavy atom. The molecule has 2 heterocycles. The van der Waals surface area contributed by atoms with Gasteiger partial charge in [0.2, 0.25) is 5.91 Å². The third-order valence-corrected chi connectivity index (χ3v) is 4.76. The van der Waals surface area contributed by atoms with E-state index in [4.69, 9.17) is 14.2 Å². The Morgan fingerprint density at radius 2 is 2.00 bits per heavy atom. The van der Waals surface area contributed by atoms with Crippen molar-refractivity contribution in [1.82, 2.24) is 4.90 Å². The minimum atomic E-state index is 0.192. The van der Waals surface area contributed by atoms with Gasteiger partial charge in [-0.05, 0) is 37.0 Å². The molecule has 2 atom stereocenters. The summed E-state index contributed by atoms with van der Waals surface area (Å²) in [7, 11) is 0. The van der Waals surface area contributed by atoms with E-state index < -0.39 is 0 Å². The number of amides is 1. The summed E-state index contributed by atoms with van der Waals surface area (Å²) in [5.41, 5.74) is 0.982. The number of benzene rings is 1. The summed E-state index contributed by atoms with van der Waals surface area (Å²) in [5.74, 6) is 1.71. The van der Waals surface area contributed by atoms with Crippen molar-refractivity contribution >= 4 is 5.91 Å². The van der Waals surface area contributed by atoms with E-state index in [1.807, 2.05) is 23.1 Å². The van der Waals surface area contributed by atoms with Crippen molar-refractivity contribution in [2.24, 2.45) is 0 Å². The number of fused-ring (bicyclic) bond motifs is 2. The van der Waals surface area contributed by atoms with Crippen LogP contribution in [0.3, 0.4) is 0 Å². The van der Waals surface area contributed by atoms with E-state index in [1.54, 1.807) is 0 Å². The lowest BCUT2D eigenvalue weighted by Crippen LogP contribution is -2.51. The average molecular weight is 303 g/mol. The molecule has 0 radical (unpaired) electrons. The van der Waals surface area contributed by atoms with Crippen LogP contribution in [0.4, 0.5) is 0 Å². The third-order valence-electron chi connectivity index (χ3n) is 4.76. The molecule has 22 heavy (non-hydrogen) atoms. The summed E-state index contributed by atoms with van der Waals surface area (Å²) in [4.78, 5) is 14.7. The lowest BCUT2D eigenvalue weighted by molar-refractivity contribution is -0.143. The molecule has 5 nitrogen and oxygen atoms in total. The van der Waals surface area contributed by atoms with Crippen molar-refractivity contribution in [1.29, 1.82) is 0 Å². The fraction of sp³-hybridized carbons (Fsp3) is 0.588. The number of hydrogen-bond acceptors (Lipinski definition) is 4. The monoisotopic (exact) mass is 303 g/mol. The third kappa shape index (κ3) is 2.54. The Hall–Kier alpha value is -1.75. The summed E-state index contributed by atoms with van der Waals surface area (Å²) < 4.78 is 16.9. The first-order valence-electron chi connectivity index (χ1n) is 8.11. The zero-order valence-electron chi connectivity index (χ0n) is 12.6. The van der Waals surface area contributed by atoms with Crippen LogP contribution in [-0.4, -0.2) is 49.3 Å². The van der Waals surface area contributed by atoms with Crippen molar-refractivity contribution in [3.63, 3.8) is 0 Å². The molecule has 1 saturated carbocycles. The van der Waals surface area contributed by atoms with Crippen LogP contribution in [0.25, 0.3) is 0 Å². The molecule has 4 rings (SSSR count). The van der Waals surface area contributed by atoms with Gasteiger partial charge in [0.15, 0.2) is 11.5 Å². The largest absolute Gasteiger partial charge is 0.486 e. The highest BCUT2D eigenvalue weighted by atomic mass is 16.6. The minimum Gasteiger partial charge on any atom is -0.486 e. The molecule has 118 valence electrons. The second kappa shape index (κ2) is 5.80. The summed E-state index contributed by atoms with van der Waals surface area (Å²) in [5, 5.41) is 0. The van der Waals surface area contributed by atoms with Crippen molar-refractivity contribution in [2.45, 2.75) is 37.8 Å². The smallest absolute Gasteiger partial charge is 0.227 e. The SMILES string of the molecule is O=C(Cc1ccc2c(c1)OCCO2)N1CCO[C@H]2CCC[C@H]21. The number of morpholine rings is 1. The van der Waals surface area contributed by atoms with Crippen LogP contribution >= 0.6 is 0 Å². The van der Waals surface area contributed by atoms with Gasteiger partial charge in [-0.1, -0.05) is 6.07 Å². The lowest BCUT2D eigenvalue weighted by atomic mass is 10.1. The van der Waals surface area contributed by atoms with E-state index in [0.29, 0.717) is 32.8 Å². The van der Waals surface area contributed by atoms with Gasteiger partial charge in [-0.3, -0.25) is 4.79 Å². The number of carbonyl (C=O) groups excluding carboxylic acids is 1. The van der Waals surface area contributed by atoms with Crippen molar-refractivity contribution in [3.8, 4) is 11.5 Å². The molecule has 3 aliphatic rings. The zero-order valence-corrected chi connectivity index (χ0v) is 12.6. The van der Waals surface area contributed by atoms with Gasteiger partial charge in [-0.15, -0.1) is 0 Å². The molecule has 0 N–H and O–H groups in total. The van der Waals surface area contributed by atoms with Gasteiger partial charge in [0.25, 0.3) is 0 Å². The van der Waals surface area contributed by atoms with Gasteiger partial charge >= 0.3 is 0 Å². The van der Waals surface area contributed by atoms with Crippen LogP contribution in [-0.2, 0) is 16.0 Å². The molecule has 0 bridgehead atoms. The molecule has 1 aliphatic carbocycles. The van der Waals surface area contributed by atoms with Gasteiger partial charge in [0.05, 0.1) is 25.2 Å². The van der Waals surface area contributed by atoms with Crippen LogP contribution in [0.1, 0.15) is 24.8 Å². The van der Waals surface area contributed by atoms with E-state index in [-0.39, 0.29) is 18.1 Å². The molecule has 5 heteroatoms. The molecule has 1 saturated heterocycles. The molecule has 2 aliphatic heterocycles. The van der Waals surface area contributed by atoms with Crippen molar-refractivity contribution in [3.05, 3.63) is 23.8 Å². The molecule has 0 unspecified atom stereocenters. The van der Waals surface area contributed by atoms with Gasteiger partial charge in [-0.25, -0.2) is 0 Å². The number of hydrogen-bond donors (Lipinski definition) is 0. The van der Waals surface area contributed by atoms with Gasteiger partial charge in [0, 0.05) is 6.54 Å². The van der Waals surface area contributed by atoms with Crippen LogP contribution in [0.2, 0.25) is 0 Å². The number of ether oxygens (including phenoxy) is 3. The lowest BCUT2D eigenvalue weighted by Gasteiger charge is -2.37. The second-order valence-corrected chi connectivity index (χ2v) is 6.15. The number of nitrogens with zero attached hydrogens (tertiary/aromatic N) is 1. The van der Waals surface area contributed by atoms with E-state index in [1.165, 1.54) is 0 Å². The average Bonchev–Trinajstić information content (AvgIpc) is 3.03. The van der Waals surface area contributed by atoms with Crippen molar-refractivity contribution < 1.29 is 19.0 Å². The quantitative estimate of drug-likeness (QED) is 0.835. The van der Waals surface area contributed by atoms with Crippen LogP contribution in [0.15, 0.2) is 18.2 Å². The van der Waals surface area contributed by atoms with Crippen LogP contribution < -0.4 is 9.47 Å². The highest BCUT2D eigenvalue weighted by molar-refractivity contribution is 5.79. The van der Waals surface area contributed by atoms with Gasteiger partial charge in [-0.2, -0.15) is 0 Å². The van der Waals surface area contributed by atoms with Crippen LogP contribution in [0, 0.1) is 0 Å². The zero-order chi connectivity index (χ0) is 14.9. The molecule has 0 aromatic heterocycles. The van der Waals surface area contributed by atoms with E-state index >= 15 is 0 Å². The van der Waals surface area contributed by atoms with E-state index in [0.717, 1.165) is 36.3 Å². The first-order valence-corrected chi connectivity index (χ1v) is 8.11. The maximum atomic E-state index is 12.7. The summed E-state index contributed by atoms with van der Waals surface area (Å²) in [6.07, 6.45) is 3.97. The molecule has 1 aromatic rings. The maximum absolute atomic E-state index is 12.7. The molecule has 1 aromatic carbocycles. The Kier molecular flexibility index (Phi) is 3.66. The molecular formula is C17H21NO4. The number of rotatable bonds is 2. The first-order chi connectivity index (χ1) is 10.8. The number of carbonyl (C=O) groups is 1. The van der Waals surface area contributed by atoms with Gasteiger partial charge < -0.3 is 19.1 Å². The molecule has 1 amide bonds. The second-order valence-electron chi connectivity index (χ2n) is 6.15. The predicted molar refractivity (Wildman–Crippen MR) is 80.2 cm³/mol. The first kappa shape index (κ1) is 13.9. The van der Waals surface area contributed by atoms with E-state index in [2.05, 4.69) is 0 Å². The fourth-order valence-electron chi connectivity index (χ4n) is 3.71. The highest BCUT2D eigenvalue weighted by Crippen LogP contribution is 2.32. The Bertz CT molecular complexity index is 574. The summed E-state index contributed by atoms with van der Waals surface area (Å²) in [6.45, 7) is 2.53. The van der Waals surface area contributed by atoms with Crippen LogP contribution in [0.5, 0.6) is 11.5 Å². The highest BCUT2D eigenvalue weighted by Gasteiger charge is 2.38. The topological polar surface area (TPSA) is 48.0 Å². The molecular weight excluding hydrogens is 282 g/mol. The van der Waals surface area contributed by atoms with E-state index in [9.17, 15) is 4.79 Å². The predicted octanol–water partition coefficient (Wildman–Crippen LogP) is 1.78. The Labute approximate surface area is 130 Å². The normalized spacial score (nSPS) is 26.6. The standard InChI is InChI=1S/C17H21NO4/c19-17(18-6-7-20-14-3-1-2-13(14)18)11-12-4-5-15-16(10-12)22-9-8-21-15/h4-5,10,13-14H,1-3,6-9,11H2/t13-,14+/m1/s1. The Morgan fingerprint density at radius 3 is 2.91 bits per heavy atom. The maximum Gasteiger partial charge on any atom is 0.227 e. The summed E-state index contributed by atoms with van der Waals surface area (Å²) >= 11 is 0. The minimum absolute atomic E-state index is 0.192.